The third-order valence-corrected chi connectivity index (χ3v) is 4.64. The summed E-state index contributed by atoms with van der Waals surface area (Å²) in [5.41, 5.74) is 1.32. The number of aromatic nitrogens is 2. The molecule has 1 aromatic heterocycles. The Hall–Kier alpha value is -0.870. The molecule has 4 heteroatoms. The van der Waals surface area contributed by atoms with E-state index in [-0.39, 0.29) is 0 Å². The molecule has 0 amide bonds. The highest BCUT2D eigenvalue weighted by Gasteiger charge is 2.37. The summed E-state index contributed by atoms with van der Waals surface area (Å²) in [7, 11) is 1.99. The largest absolute Gasteiger partial charge is 0.376 e. The first-order chi connectivity index (χ1) is 9.63. The van der Waals surface area contributed by atoms with E-state index in [9.17, 15) is 0 Å². The van der Waals surface area contributed by atoms with Gasteiger partial charge in [0, 0.05) is 38.5 Å². The lowest BCUT2D eigenvalue weighted by Gasteiger charge is -2.31. The summed E-state index contributed by atoms with van der Waals surface area (Å²) in [4.78, 5) is 2.60. The van der Waals surface area contributed by atoms with Gasteiger partial charge in [-0.05, 0) is 51.0 Å². The number of ether oxygens (including phenoxy) is 1. The van der Waals surface area contributed by atoms with Crippen LogP contribution in [0.2, 0.25) is 0 Å². The van der Waals surface area contributed by atoms with Crippen molar-refractivity contribution in [2.75, 3.05) is 13.2 Å². The van der Waals surface area contributed by atoms with Gasteiger partial charge >= 0.3 is 0 Å². The molecular formula is C16H27N3O. The topological polar surface area (TPSA) is 30.3 Å². The van der Waals surface area contributed by atoms with Crippen molar-refractivity contribution in [1.82, 2.24) is 14.7 Å². The first kappa shape index (κ1) is 14.1. The Balaban J connectivity index is 1.65. The highest BCUT2D eigenvalue weighted by atomic mass is 16.5. The highest BCUT2D eigenvalue weighted by molar-refractivity contribution is 5.09. The van der Waals surface area contributed by atoms with Crippen LogP contribution in [0.4, 0.5) is 0 Å². The average Bonchev–Trinajstić information content (AvgIpc) is 3.01. The van der Waals surface area contributed by atoms with Gasteiger partial charge in [0.1, 0.15) is 0 Å². The van der Waals surface area contributed by atoms with E-state index in [1.807, 2.05) is 17.9 Å². The van der Waals surface area contributed by atoms with Crippen LogP contribution in [-0.4, -0.2) is 46.0 Å². The zero-order valence-electron chi connectivity index (χ0n) is 13.0. The standard InChI is InChI=1S/C16H27N3O/c1-12(2)19-7-6-16(20-11-13-4-5-13)15(19)8-14-9-17-18(3)10-14/h9-10,12-13,15-16H,4-8,11H2,1-3H3/t15-,16+/m0/s1. The Morgan fingerprint density at radius 2 is 2.15 bits per heavy atom. The predicted molar refractivity (Wildman–Crippen MR) is 79.6 cm³/mol. The van der Waals surface area contributed by atoms with Crippen molar-refractivity contribution in [3.63, 3.8) is 0 Å². The van der Waals surface area contributed by atoms with Crippen molar-refractivity contribution >= 4 is 0 Å². The number of hydrogen-bond acceptors (Lipinski definition) is 3. The van der Waals surface area contributed by atoms with Crippen molar-refractivity contribution in [3.8, 4) is 0 Å². The maximum absolute atomic E-state index is 6.23. The Labute approximate surface area is 122 Å². The molecule has 2 atom stereocenters. The van der Waals surface area contributed by atoms with E-state index in [1.165, 1.54) is 24.8 Å². The van der Waals surface area contributed by atoms with Crippen LogP contribution in [0.15, 0.2) is 12.4 Å². The molecule has 1 saturated heterocycles. The lowest BCUT2D eigenvalue weighted by molar-refractivity contribution is 0.0160. The Kier molecular flexibility index (Phi) is 4.13. The molecule has 0 bridgehead atoms. The number of rotatable bonds is 6. The minimum atomic E-state index is 0.401. The maximum atomic E-state index is 6.23. The Morgan fingerprint density at radius 3 is 2.75 bits per heavy atom. The second kappa shape index (κ2) is 5.86. The molecule has 0 spiro atoms. The van der Waals surface area contributed by atoms with E-state index in [1.54, 1.807) is 0 Å². The van der Waals surface area contributed by atoms with E-state index in [4.69, 9.17) is 4.74 Å². The summed E-state index contributed by atoms with van der Waals surface area (Å²) < 4.78 is 8.12. The molecule has 1 aliphatic carbocycles. The summed E-state index contributed by atoms with van der Waals surface area (Å²) in [6, 6.07) is 1.10. The molecule has 0 unspecified atom stereocenters. The van der Waals surface area contributed by atoms with Gasteiger partial charge in [0.2, 0.25) is 0 Å². The molecule has 0 N–H and O–H groups in total. The predicted octanol–water partition coefficient (Wildman–Crippen LogP) is 2.24. The monoisotopic (exact) mass is 277 g/mol. The molecule has 1 aromatic rings. The van der Waals surface area contributed by atoms with Crippen molar-refractivity contribution in [2.45, 2.75) is 57.7 Å². The molecule has 2 fully saturated rings. The molecule has 0 radical (unpaired) electrons. The van der Waals surface area contributed by atoms with Gasteiger partial charge in [-0.15, -0.1) is 0 Å². The highest BCUT2D eigenvalue weighted by Crippen LogP contribution is 2.32. The van der Waals surface area contributed by atoms with Crippen LogP contribution < -0.4 is 0 Å². The summed E-state index contributed by atoms with van der Waals surface area (Å²) in [6.07, 6.45) is 9.50. The fourth-order valence-corrected chi connectivity index (χ4v) is 3.30. The molecule has 2 heterocycles. The normalized spacial score (nSPS) is 27.6. The molecule has 1 aliphatic heterocycles. The van der Waals surface area contributed by atoms with E-state index in [0.717, 1.165) is 25.5 Å². The van der Waals surface area contributed by atoms with Crippen molar-refractivity contribution in [1.29, 1.82) is 0 Å². The van der Waals surface area contributed by atoms with Gasteiger partial charge < -0.3 is 4.74 Å². The SMILES string of the molecule is CC(C)N1CC[C@@H](OCC2CC2)[C@@H]1Cc1cnn(C)c1. The second-order valence-corrected chi connectivity index (χ2v) is 6.73. The van der Waals surface area contributed by atoms with Crippen LogP contribution in [-0.2, 0) is 18.2 Å². The van der Waals surface area contributed by atoms with E-state index in [2.05, 4.69) is 30.0 Å². The van der Waals surface area contributed by atoms with Crippen LogP contribution in [0, 0.1) is 5.92 Å². The Morgan fingerprint density at radius 1 is 1.35 bits per heavy atom. The minimum Gasteiger partial charge on any atom is -0.376 e. The van der Waals surface area contributed by atoms with E-state index in [0.29, 0.717) is 18.2 Å². The Bertz CT molecular complexity index is 439. The average molecular weight is 277 g/mol. The maximum Gasteiger partial charge on any atom is 0.0745 e. The first-order valence-corrected chi connectivity index (χ1v) is 7.98. The van der Waals surface area contributed by atoms with Crippen LogP contribution in [0.1, 0.15) is 38.7 Å². The number of aryl methyl sites for hydroxylation is 1. The van der Waals surface area contributed by atoms with E-state index >= 15 is 0 Å². The van der Waals surface area contributed by atoms with Gasteiger partial charge in [-0.2, -0.15) is 5.10 Å². The molecule has 112 valence electrons. The third-order valence-electron chi connectivity index (χ3n) is 4.64. The van der Waals surface area contributed by atoms with Crippen molar-refractivity contribution < 1.29 is 4.74 Å². The molecule has 2 aliphatic rings. The molecule has 0 aromatic carbocycles. The molecule has 1 saturated carbocycles. The quantitative estimate of drug-likeness (QED) is 0.799. The zero-order chi connectivity index (χ0) is 14.1. The van der Waals surface area contributed by atoms with Gasteiger partial charge in [0.05, 0.1) is 12.3 Å². The summed E-state index contributed by atoms with van der Waals surface area (Å²) in [6.45, 7) is 6.72. The number of likely N-dealkylation sites (tertiary alicyclic amines) is 1. The van der Waals surface area contributed by atoms with Gasteiger partial charge in [0.25, 0.3) is 0 Å². The summed E-state index contributed by atoms with van der Waals surface area (Å²) in [5, 5.41) is 4.30. The van der Waals surface area contributed by atoms with Crippen molar-refractivity contribution in [2.24, 2.45) is 13.0 Å². The van der Waals surface area contributed by atoms with Gasteiger partial charge in [0.15, 0.2) is 0 Å². The van der Waals surface area contributed by atoms with Crippen LogP contribution in [0.3, 0.4) is 0 Å². The first-order valence-electron chi connectivity index (χ1n) is 7.98. The minimum absolute atomic E-state index is 0.401. The lowest BCUT2D eigenvalue weighted by Crippen LogP contribution is -2.42. The lowest BCUT2D eigenvalue weighted by atomic mass is 10.0. The molecule has 3 rings (SSSR count). The number of nitrogens with zero attached hydrogens (tertiary/aromatic N) is 3. The van der Waals surface area contributed by atoms with Gasteiger partial charge in [-0.25, -0.2) is 0 Å². The fourth-order valence-electron chi connectivity index (χ4n) is 3.30. The smallest absolute Gasteiger partial charge is 0.0745 e. The molecular weight excluding hydrogens is 250 g/mol. The number of hydrogen-bond donors (Lipinski definition) is 0. The molecule has 20 heavy (non-hydrogen) atoms. The zero-order valence-corrected chi connectivity index (χ0v) is 13.0. The third kappa shape index (κ3) is 3.23. The molecule has 4 nitrogen and oxygen atoms in total. The summed E-state index contributed by atoms with van der Waals surface area (Å²) >= 11 is 0. The van der Waals surface area contributed by atoms with Crippen LogP contribution in [0.25, 0.3) is 0 Å². The van der Waals surface area contributed by atoms with Crippen molar-refractivity contribution in [3.05, 3.63) is 18.0 Å². The van der Waals surface area contributed by atoms with E-state index < -0.39 is 0 Å². The van der Waals surface area contributed by atoms with Crippen LogP contribution in [0.5, 0.6) is 0 Å². The fraction of sp³-hybridized carbons (Fsp3) is 0.812. The van der Waals surface area contributed by atoms with Gasteiger partial charge in [-0.3, -0.25) is 9.58 Å². The second-order valence-electron chi connectivity index (χ2n) is 6.73. The summed E-state index contributed by atoms with van der Waals surface area (Å²) in [5.74, 6) is 0.849. The van der Waals surface area contributed by atoms with Crippen LogP contribution >= 0.6 is 0 Å². The van der Waals surface area contributed by atoms with Gasteiger partial charge in [-0.1, -0.05) is 0 Å².